The van der Waals surface area contributed by atoms with E-state index in [2.05, 4.69) is 11.4 Å². The SMILES string of the molecule is CNCc1ccc(Oc2ccc([N+](=O)[O-])c(C)c2)c(C)c1. The van der Waals surface area contributed by atoms with Crippen LogP contribution in [0.3, 0.4) is 0 Å². The molecule has 0 aromatic heterocycles. The number of nitro groups is 1. The van der Waals surface area contributed by atoms with Crippen LogP contribution in [0, 0.1) is 24.0 Å². The summed E-state index contributed by atoms with van der Waals surface area (Å²) >= 11 is 0. The first-order chi connectivity index (χ1) is 10.0. The van der Waals surface area contributed by atoms with Gasteiger partial charge in [-0.1, -0.05) is 12.1 Å². The van der Waals surface area contributed by atoms with Gasteiger partial charge in [0, 0.05) is 18.2 Å². The Balaban J connectivity index is 2.22. The van der Waals surface area contributed by atoms with Gasteiger partial charge in [-0.25, -0.2) is 0 Å². The van der Waals surface area contributed by atoms with Crippen molar-refractivity contribution in [3.63, 3.8) is 0 Å². The van der Waals surface area contributed by atoms with Gasteiger partial charge < -0.3 is 10.1 Å². The molecule has 5 heteroatoms. The van der Waals surface area contributed by atoms with Gasteiger partial charge in [0.05, 0.1) is 4.92 Å². The summed E-state index contributed by atoms with van der Waals surface area (Å²) in [7, 11) is 1.90. The highest BCUT2D eigenvalue weighted by molar-refractivity contribution is 5.46. The molecule has 0 saturated carbocycles. The van der Waals surface area contributed by atoms with Crippen LogP contribution in [0.1, 0.15) is 16.7 Å². The zero-order valence-corrected chi connectivity index (χ0v) is 12.3. The number of ether oxygens (including phenoxy) is 1. The molecule has 0 radical (unpaired) electrons. The van der Waals surface area contributed by atoms with E-state index in [1.807, 2.05) is 26.1 Å². The number of aryl methyl sites for hydroxylation is 2. The molecule has 2 rings (SSSR count). The second kappa shape index (κ2) is 6.37. The third kappa shape index (κ3) is 3.58. The maximum atomic E-state index is 10.8. The van der Waals surface area contributed by atoms with Gasteiger partial charge in [-0.3, -0.25) is 10.1 Å². The Bertz CT molecular complexity index is 669. The van der Waals surface area contributed by atoms with E-state index in [9.17, 15) is 10.1 Å². The highest BCUT2D eigenvalue weighted by atomic mass is 16.6. The molecule has 0 atom stereocenters. The Kier molecular flexibility index (Phi) is 4.55. The molecular formula is C16H18N2O3. The predicted octanol–water partition coefficient (Wildman–Crippen LogP) is 3.72. The average molecular weight is 286 g/mol. The third-order valence-electron chi connectivity index (χ3n) is 3.21. The van der Waals surface area contributed by atoms with Crippen molar-refractivity contribution < 1.29 is 9.66 Å². The summed E-state index contributed by atoms with van der Waals surface area (Å²) in [6, 6.07) is 10.7. The number of nitro benzene ring substituents is 1. The van der Waals surface area contributed by atoms with E-state index in [1.165, 1.54) is 11.6 Å². The van der Waals surface area contributed by atoms with Crippen LogP contribution in [-0.2, 0) is 6.54 Å². The Morgan fingerprint density at radius 1 is 1.14 bits per heavy atom. The van der Waals surface area contributed by atoms with E-state index < -0.39 is 4.92 Å². The summed E-state index contributed by atoms with van der Waals surface area (Å²) in [6.07, 6.45) is 0. The monoisotopic (exact) mass is 286 g/mol. The maximum absolute atomic E-state index is 10.8. The molecule has 0 amide bonds. The summed E-state index contributed by atoms with van der Waals surface area (Å²) in [5.74, 6) is 1.35. The molecule has 21 heavy (non-hydrogen) atoms. The van der Waals surface area contributed by atoms with Crippen molar-refractivity contribution in [2.45, 2.75) is 20.4 Å². The standard InChI is InChI=1S/C16H18N2O3/c1-11-9-14(5-6-15(11)18(19)20)21-16-7-4-13(10-17-3)8-12(16)2/h4-9,17H,10H2,1-3H3. The lowest BCUT2D eigenvalue weighted by molar-refractivity contribution is -0.385. The lowest BCUT2D eigenvalue weighted by Crippen LogP contribution is -2.05. The van der Waals surface area contributed by atoms with Gasteiger partial charge in [0.2, 0.25) is 0 Å². The molecule has 0 aliphatic rings. The quantitative estimate of drug-likeness (QED) is 0.672. The Morgan fingerprint density at radius 2 is 1.90 bits per heavy atom. The average Bonchev–Trinajstić information content (AvgIpc) is 2.42. The lowest BCUT2D eigenvalue weighted by Gasteiger charge is -2.11. The number of rotatable bonds is 5. The minimum absolute atomic E-state index is 0.100. The molecule has 0 spiro atoms. The first kappa shape index (κ1) is 15.0. The largest absolute Gasteiger partial charge is 0.457 e. The molecule has 0 bridgehead atoms. The number of hydrogen-bond acceptors (Lipinski definition) is 4. The van der Waals surface area contributed by atoms with Crippen molar-refractivity contribution in [2.75, 3.05) is 7.05 Å². The van der Waals surface area contributed by atoms with E-state index in [1.54, 1.807) is 19.1 Å². The van der Waals surface area contributed by atoms with Crippen molar-refractivity contribution in [2.24, 2.45) is 0 Å². The van der Waals surface area contributed by atoms with E-state index in [0.29, 0.717) is 11.3 Å². The molecule has 5 nitrogen and oxygen atoms in total. The van der Waals surface area contributed by atoms with Gasteiger partial charge in [-0.15, -0.1) is 0 Å². The minimum Gasteiger partial charge on any atom is -0.457 e. The minimum atomic E-state index is -0.392. The van der Waals surface area contributed by atoms with Crippen LogP contribution in [0.2, 0.25) is 0 Å². The summed E-state index contributed by atoms with van der Waals surface area (Å²) in [4.78, 5) is 10.4. The Labute approximate surface area is 123 Å². The van der Waals surface area contributed by atoms with E-state index in [-0.39, 0.29) is 5.69 Å². The van der Waals surface area contributed by atoms with Crippen molar-refractivity contribution in [3.8, 4) is 11.5 Å². The summed E-state index contributed by atoms with van der Waals surface area (Å²) in [5, 5.41) is 13.9. The van der Waals surface area contributed by atoms with Gasteiger partial charge >= 0.3 is 0 Å². The molecule has 1 N–H and O–H groups in total. The van der Waals surface area contributed by atoms with Crippen LogP contribution in [0.25, 0.3) is 0 Å². The smallest absolute Gasteiger partial charge is 0.272 e. The van der Waals surface area contributed by atoms with Crippen LogP contribution < -0.4 is 10.1 Å². The summed E-state index contributed by atoms with van der Waals surface area (Å²) in [6.45, 7) is 4.48. The number of nitrogens with one attached hydrogen (secondary N) is 1. The maximum Gasteiger partial charge on any atom is 0.272 e. The van der Waals surface area contributed by atoms with Crippen LogP contribution in [0.4, 0.5) is 5.69 Å². The second-order valence-electron chi connectivity index (χ2n) is 4.94. The molecule has 0 unspecified atom stereocenters. The third-order valence-corrected chi connectivity index (χ3v) is 3.21. The fraction of sp³-hybridized carbons (Fsp3) is 0.250. The van der Waals surface area contributed by atoms with Gasteiger partial charge in [-0.2, -0.15) is 0 Å². The van der Waals surface area contributed by atoms with Gasteiger partial charge in [-0.05, 0) is 50.2 Å². The molecule has 0 aliphatic carbocycles. The number of benzene rings is 2. The van der Waals surface area contributed by atoms with Gasteiger partial charge in [0.25, 0.3) is 5.69 Å². The van der Waals surface area contributed by atoms with E-state index >= 15 is 0 Å². The van der Waals surface area contributed by atoms with Crippen LogP contribution in [-0.4, -0.2) is 12.0 Å². The zero-order chi connectivity index (χ0) is 15.4. The molecule has 2 aromatic carbocycles. The molecule has 0 fully saturated rings. The molecule has 0 saturated heterocycles. The Hall–Kier alpha value is -2.40. The zero-order valence-electron chi connectivity index (χ0n) is 12.3. The lowest BCUT2D eigenvalue weighted by atomic mass is 10.1. The van der Waals surface area contributed by atoms with Gasteiger partial charge in [0.15, 0.2) is 0 Å². The van der Waals surface area contributed by atoms with Crippen molar-refractivity contribution in [1.82, 2.24) is 5.32 Å². The topological polar surface area (TPSA) is 64.4 Å². The normalized spacial score (nSPS) is 10.4. The van der Waals surface area contributed by atoms with Crippen LogP contribution >= 0.6 is 0 Å². The molecular weight excluding hydrogens is 268 g/mol. The second-order valence-corrected chi connectivity index (χ2v) is 4.94. The van der Waals surface area contributed by atoms with E-state index in [0.717, 1.165) is 17.9 Å². The van der Waals surface area contributed by atoms with Crippen molar-refractivity contribution in [1.29, 1.82) is 0 Å². The van der Waals surface area contributed by atoms with E-state index in [4.69, 9.17) is 4.74 Å². The molecule has 2 aromatic rings. The Morgan fingerprint density at radius 3 is 2.48 bits per heavy atom. The fourth-order valence-corrected chi connectivity index (χ4v) is 2.16. The molecule has 0 aliphatic heterocycles. The van der Waals surface area contributed by atoms with Crippen molar-refractivity contribution in [3.05, 3.63) is 63.2 Å². The number of nitrogens with zero attached hydrogens (tertiary/aromatic N) is 1. The first-order valence-electron chi connectivity index (χ1n) is 6.68. The van der Waals surface area contributed by atoms with Crippen LogP contribution in [0.5, 0.6) is 11.5 Å². The van der Waals surface area contributed by atoms with Crippen LogP contribution in [0.15, 0.2) is 36.4 Å². The fourth-order valence-electron chi connectivity index (χ4n) is 2.16. The van der Waals surface area contributed by atoms with Crippen molar-refractivity contribution >= 4 is 5.69 Å². The highest BCUT2D eigenvalue weighted by Gasteiger charge is 2.11. The first-order valence-corrected chi connectivity index (χ1v) is 6.68. The predicted molar refractivity (Wildman–Crippen MR) is 81.9 cm³/mol. The molecule has 0 heterocycles. The summed E-state index contributed by atoms with van der Waals surface area (Å²) in [5.41, 5.74) is 2.89. The summed E-state index contributed by atoms with van der Waals surface area (Å²) < 4.78 is 5.81. The number of hydrogen-bond donors (Lipinski definition) is 1. The molecule has 110 valence electrons. The van der Waals surface area contributed by atoms with Gasteiger partial charge in [0.1, 0.15) is 11.5 Å². The highest BCUT2D eigenvalue weighted by Crippen LogP contribution is 2.29.